The highest BCUT2D eigenvalue weighted by Crippen LogP contribution is 2.18. The molecule has 5 heteroatoms. The maximum absolute atomic E-state index is 11.7. The summed E-state index contributed by atoms with van der Waals surface area (Å²) in [7, 11) is 0. The molecule has 0 aliphatic heterocycles. The summed E-state index contributed by atoms with van der Waals surface area (Å²) in [5, 5.41) is 0. The molecule has 0 saturated heterocycles. The van der Waals surface area contributed by atoms with Crippen molar-refractivity contribution in [2.24, 2.45) is 0 Å². The van der Waals surface area contributed by atoms with Crippen molar-refractivity contribution >= 4 is 15.9 Å². The second kappa shape index (κ2) is 4.79. The number of nitrogens with one attached hydrogen (secondary N) is 1. The topological polar surface area (TPSA) is 58.6 Å². The first-order chi connectivity index (χ1) is 8.13. The van der Waals surface area contributed by atoms with Crippen molar-refractivity contribution in [3.63, 3.8) is 0 Å². The summed E-state index contributed by atoms with van der Waals surface area (Å²) >= 11 is 3.24. The molecule has 88 valence electrons. The molecule has 0 aliphatic carbocycles. The van der Waals surface area contributed by atoms with E-state index in [1.54, 1.807) is 6.20 Å². The van der Waals surface area contributed by atoms with E-state index in [0.29, 0.717) is 22.4 Å². The van der Waals surface area contributed by atoms with Gasteiger partial charge in [0.2, 0.25) is 0 Å². The van der Waals surface area contributed by atoms with E-state index in [0.717, 1.165) is 11.3 Å². The Hall–Kier alpha value is -1.49. The molecular weight excluding hydrogens is 282 g/mol. The number of aromatic nitrogens is 3. The van der Waals surface area contributed by atoms with E-state index in [4.69, 9.17) is 0 Å². The number of H-pyrrole nitrogens is 1. The van der Waals surface area contributed by atoms with Gasteiger partial charge in [-0.2, -0.15) is 0 Å². The normalized spacial score (nSPS) is 10.5. The molecule has 0 spiro atoms. The number of halogens is 1. The van der Waals surface area contributed by atoms with Gasteiger partial charge in [-0.05, 0) is 40.9 Å². The fourth-order valence-corrected chi connectivity index (χ4v) is 2.05. The zero-order valence-electron chi connectivity index (χ0n) is 9.62. The van der Waals surface area contributed by atoms with Crippen LogP contribution in [0.25, 0.3) is 11.5 Å². The number of hydrogen-bond acceptors (Lipinski definition) is 3. The van der Waals surface area contributed by atoms with Gasteiger partial charge in [0.15, 0.2) is 5.82 Å². The predicted molar refractivity (Wildman–Crippen MR) is 69.9 cm³/mol. The van der Waals surface area contributed by atoms with Crippen molar-refractivity contribution in [3.8, 4) is 11.5 Å². The summed E-state index contributed by atoms with van der Waals surface area (Å²) in [5.74, 6) is 0.521. The van der Waals surface area contributed by atoms with Gasteiger partial charge in [0.05, 0.1) is 5.69 Å². The summed E-state index contributed by atoms with van der Waals surface area (Å²) < 4.78 is 0.498. The minimum atomic E-state index is -0.170. The Labute approximate surface area is 107 Å². The molecule has 1 N–H and O–H groups in total. The lowest BCUT2D eigenvalue weighted by molar-refractivity contribution is 0.961. The average Bonchev–Trinajstić information content (AvgIpc) is 2.33. The lowest BCUT2D eigenvalue weighted by Gasteiger charge is -2.06. The predicted octanol–water partition coefficient (Wildman–Crippen LogP) is 2.47. The molecule has 0 aromatic carbocycles. The monoisotopic (exact) mass is 293 g/mol. The summed E-state index contributed by atoms with van der Waals surface area (Å²) in [5.41, 5.74) is 2.28. The number of hydrogen-bond donors (Lipinski definition) is 1. The van der Waals surface area contributed by atoms with Crippen molar-refractivity contribution in [1.82, 2.24) is 15.0 Å². The maximum Gasteiger partial charge on any atom is 0.265 e. The lowest BCUT2D eigenvalue weighted by atomic mass is 10.2. The van der Waals surface area contributed by atoms with Crippen molar-refractivity contribution in [3.05, 3.63) is 44.4 Å². The Morgan fingerprint density at radius 3 is 2.88 bits per heavy atom. The Morgan fingerprint density at radius 2 is 2.24 bits per heavy atom. The van der Waals surface area contributed by atoms with Gasteiger partial charge in [-0.25, -0.2) is 4.98 Å². The van der Waals surface area contributed by atoms with Gasteiger partial charge in [-0.1, -0.05) is 13.0 Å². The highest BCUT2D eigenvalue weighted by Gasteiger charge is 2.11. The third-order valence-electron chi connectivity index (χ3n) is 2.50. The van der Waals surface area contributed by atoms with Gasteiger partial charge in [-0.3, -0.25) is 9.78 Å². The van der Waals surface area contributed by atoms with E-state index in [-0.39, 0.29) is 5.56 Å². The third kappa shape index (κ3) is 2.29. The molecule has 17 heavy (non-hydrogen) atoms. The van der Waals surface area contributed by atoms with Crippen LogP contribution in [0.1, 0.15) is 18.2 Å². The second-order valence-electron chi connectivity index (χ2n) is 3.70. The van der Waals surface area contributed by atoms with Crippen molar-refractivity contribution in [2.45, 2.75) is 20.3 Å². The Kier molecular flexibility index (Phi) is 3.38. The SMILES string of the molecule is CCc1nc(-c2ncccc2C)[nH]c(=O)c1Br. The molecule has 0 radical (unpaired) electrons. The van der Waals surface area contributed by atoms with E-state index in [1.165, 1.54) is 0 Å². The molecule has 0 atom stereocenters. The molecule has 4 nitrogen and oxygen atoms in total. The van der Waals surface area contributed by atoms with E-state index < -0.39 is 0 Å². The standard InChI is InChI=1S/C12H12BrN3O/c1-3-8-9(13)12(17)16-11(15-8)10-7(2)5-4-6-14-10/h4-6H,3H2,1-2H3,(H,15,16,17). The van der Waals surface area contributed by atoms with Gasteiger partial charge in [0.25, 0.3) is 5.56 Å². The van der Waals surface area contributed by atoms with E-state index in [9.17, 15) is 4.79 Å². The summed E-state index contributed by atoms with van der Waals surface area (Å²) in [4.78, 5) is 23.1. The third-order valence-corrected chi connectivity index (χ3v) is 3.32. The number of aromatic amines is 1. The highest BCUT2D eigenvalue weighted by molar-refractivity contribution is 9.10. The minimum absolute atomic E-state index is 0.170. The molecule has 0 fully saturated rings. The van der Waals surface area contributed by atoms with Gasteiger partial charge in [-0.15, -0.1) is 0 Å². The van der Waals surface area contributed by atoms with Crippen LogP contribution < -0.4 is 5.56 Å². The van der Waals surface area contributed by atoms with Crippen LogP contribution in [-0.4, -0.2) is 15.0 Å². The average molecular weight is 294 g/mol. The second-order valence-corrected chi connectivity index (χ2v) is 4.49. The van der Waals surface area contributed by atoms with Crippen molar-refractivity contribution in [2.75, 3.05) is 0 Å². The summed E-state index contributed by atoms with van der Waals surface area (Å²) in [6.07, 6.45) is 2.39. The van der Waals surface area contributed by atoms with Crippen LogP contribution in [0.15, 0.2) is 27.6 Å². The molecule has 0 saturated carbocycles. The van der Waals surface area contributed by atoms with Crippen LogP contribution >= 0.6 is 15.9 Å². The summed E-state index contributed by atoms with van der Waals surface area (Å²) in [6.45, 7) is 3.90. The quantitative estimate of drug-likeness (QED) is 0.925. The lowest BCUT2D eigenvalue weighted by Crippen LogP contribution is -2.14. The zero-order valence-corrected chi connectivity index (χ0v) is 11.2. The van der Waals surface area contributed by atoms with Crippen LogP contribution in [0.4, 0.5) is 0 Å². The van der Waals surface area contributed by atoms with Crippen molar-refractivity contribution < 1.29 is 0 Å². The number of rotatable bonds is 2. The molecule has 2 heterocycles. The molecule has 2 aromatic rings. The molecular formula is C12H12BrN3O. The van der Waals surface area contributed by atoms with Crippen molar-refractivity contribution in [1.29, 1.82) is 0 Å². The number of pyridine rings is 1. The number of aryl methyl sites for hydroxylation is 2. The highest BCUT2D eigenvalue weighted by atomic mass is 79.9. The van der Waals surface area contributed by atoms with Gasteiger partial charge < -0.3 is 4.98 Å². The Balaban J connectivity index is 2.66. The van der Waals surface area contributed by atoms with Crippen LogP contribution in [0.2, 0.25) is 0 Å². The minimum Gasteiger partial charge on any atom is -0.304 e. The zero-order chi connectivity index (χ0) is 12.4. The first-order valence-electron chi connectivity index (χ1n) is 5.34. The molecule has 0 unspecified atom stereocenters. The summed E-state index contributed by atoms with van der Waals surface area (Å²) in [6, 6.07) is 3.80. The van der Waals surface area contributed by atoms with Gasteiger partial charge in [0.1, 0.15) is 10.2 Å². The van der Waals surface area contributed by atoms with Crippen LogP contribution in [0, 0.1) is 6.92 Å². The fourth-order valence-electron chi connectivity index (χ4n) is 1.59. The Morgan fingerprint density at radius 1 is 1.47 bits per heavy atom. The molecule has 0 amide bonds. The maximum atomic E-state index is 11.7. The Bertz CT molecular complexity index is 607. The first-order valence-corrected chi connectivity index (χ1v) is 6.13. The van der Waals surface area contributed by atoms with Crippen LogP contribution in [0.3, 0.4) is 0 Å². The smallest absolute Gasteiger partial charge is 0.265 e. The van der Waals surface area contributed by atoms with Gasteiger partial charge >= 0.3 is 0 Å². The first kappa shape index (κ1) is 12.0. The van der Waals surface area contributed by atoms with Crippen LogP contribution in [-0.2, 0) is 6.42 Å². The van der Waals surface area contributed by atoms with E-state index in [2.05, 4.69) is 30.9 Å². The number of nitrogens with zero attached hydrogens (tertiary/aromatic N) is 2. The van der Waals surface area contributed by atoms with Crippen LogP contribution in [0.5, 0.6) is 0 Å². The molecule has 0 aliphatic rings. The van der Waals surface area contributed by atoms with E-state index in [1.807, 2.05) is 26.0 Å². The fraction of sp³-hybridized carbons (Fsp3) is 0.250. The van der Waals surface area contributed by atoms with E-state index >= 15 is 0 Å². The van der Waals surface area contributed by atoms with Gasteiger partial charge in [0, 0.05) is 6.20 Å². The molecule has 0 bridgehead atoms. The molecule has 2 aromatic heterocycles. The molecule has 2 rings (SSSR count). The largest absolute Gasteiger partial charge is 0.304 e.